The molecule has 26 heavy (non-hydrogen) atoms. The van der Waals surface area contributed by atoms with Gasteiger partial charge < -0.3 is 5.32 Å². The van der Waals surface area contributed by atoms with Crippen molar-refractivity contribution in [3.05, 3.63) is 70.8 Å². The molecule has 3 rings (SSSR count). The average molecular weight is 391 g/mol. The number of halogens is 2. The summed E-state index contributed by atoms with van der Waals surface area (Å²) in [6, 6.07) is 12.1. The van der Waals surface area contributed by atoms with Gasteiger partial charge in [0.15, 0.2) is 5.16 Å². The van der Waals surface area contributed by atoms with E-state index in [0.29, 0.717) is 22.3 Å². The highest BCUT2D eigenvalue weighted by molar-refractivity contribution is 7.99. The summed E-state index contributed by atoms with van der Waals surface area (Å²) in [7, 11) is 0. The molecule has 3 aromatic rings. The number of carbonyl (C=O) groups is 1. The number of hydrogen-bond donors (Lipinski definition) is 1. The standard InChI is InChI=1S/C18H16ClFN4OS/c1-12-7-13(5-6-16(12)20)9-21-17(25)10-26-18-23-22-11-24(18)15-4-2-3-14(19)8-15/h2-8,11H,9-10H2,1H3,(H,21,25). The first-order valence-electron chi connectivity index (χ1n) is 7.83. The summed E-state index contributed by atoms with van der Waals surface area (Å²) in [4.78, 5) is 12.1. The second-order valence-electron chi connectivity index (χ2n) is 5.61. The van der Waals surface area contributed by atoms with E-state index in [1.54, 1.807) is 42.1 Å². The number of nitrogens with zero attached hydrogens (tertiary/aromatic N) is 3. The van der Waals surface area contributed by atoms with Crippen LogP contribution in [0.3, 0.4) is 0 Å². The maximum absolute atomic E-state index is 13.3. The fourth-order valence-electron chi connectivity index (χ4n) is 2.32. The van der Waals surface area contributed by atoms with Crippen molar-refractivity contribution in [2.75, 3.05) is 5.75 Å². The Bertz CT molecular complexity index is 931. The van der Waals surface area contributed by atoms with Gasteiger partial charge in [-0.1, -0.05) is 41.6 Å². The SMILES string of the molecule is Cc1cc(CNC(=O)CSc2nncn2-c2cccc(Cl)c2)ccc1F. The molecule has 0 spiro atoms. The Morgan fingerprint density at radius 1 is 1.31 bits per heavy atom. The number of rotatable bonds is 6. The van der Waals surface area contributed by atoms with E-state index in [-0.39, 0.29) is 17.5 Å². The zero-order chi connectivity index (χ0) is 18.5. The van der Waals surface area contributed by atoms with Gasteiger partial charge in [-0.15, -0.1) is 10.2 Å². The van der Waals surface area contributed by atoms with Crippen LogP contribution in [0.5, 0.6) is 0 Å². The van der Waals surface area contributed by atoms with E-state index in [2.05, 4.69) is 15.5 Å². The Balaban J connectivity index is 1.57. The predicted octanol–water partition coefficient (Wildman–Crippen LogP) is 3.78. The molecule has 0 atom stereocenters. The lowest BCUT2D eigenvalue weighted by molar-refractivity contribution is -0.118. The van der Waals surface area contributed by atoms with Gasteiger partial charge in [0.2, 0.25) is 5.91 Å². The number of hydrogen-bond acceptors (Lipinski definition) is 4. The summed E-state index contributed by atoms with van der Waals surface area (Å²) in [5.74, 6) is -0.201. The number of carbonyl (C=O) groups excluding carboxylic acids is 1. The van der Waals surface area contributed by atoms with Crippen LogP contribution in [0.15, 0.2) is 53.9 Å². The van der Waals surface area contributed by atoms with Crippen molar-refractivity contribution in [3.8, 4) is 5.69 Å². The molecule has 1 N–H and O–H groups in total. The molecular weight excluding hydrogens is 375 g/mol. The van der Waals surface area contributed by atoms with Gasteiger partial charge in [0.05, 0.1) is 11.4 Å². The zero-order valence-electron chi connectivity index (χ0n) is 13.9. The molecule has 0 fully saturated rings. The summed E-state index contributed by atoms with van der Waals surface area (Å²) in [6.07, 6.45) is 1.58. The topological polar surface area (TPSA) is 59.8 Å². The molecule has 0 aliphatic carbocycles. The smallest absolute Gasteiger partial charge is 0.230 e. The average Bonchev–Trinajstić information content (AvgIpc) is 3.09. The number of aryl methyl sites for hydroxylation is 1. The highest BCUT2D eigenvalue weighted by Gasteiger charge is 2.10. The fraction of sp³-hybridized carbons (Fsp3) is 0.167. The molecule has 0 aliphatic heterocycles. The summed E-state index contributed by atoms with van der Waals surface area (Å²) >= 11 is 7.29. The van der Waals surface area contributed by atoms with Crippen molar-refractivity contribution < 1.29 is 9.18 Å². The maximum atomic E-state index is 13.3. The molecule has 0 unspecified atom stereocenters. The van der Waals surface area contributed by atoms with Crippen molar-refractivity contribution in [3.63, 3.8) is 0 Å². The Morgan fingerprint density at radius 3 is 2.92 bits per heavy atom. The lowest BCUT2D eigenvalue weighted by Gasteiger charge is -2.08. The molecular formula is C18H16ClFN4OS. The van der Waals surface area contributed by atoms with Crippen LogP contribution in [0.25, 0.3) is 5.69 Å². The van der Waals surface area contributed by atoms with E-state index in [0.717, 1.165) is 11.3 Å². The molecule has 134 valence electrons. The molecule has 0 saturated carbocycles. The van der Waals surface area contributed by atoms with Crippen LogP contribution >= 0.6 is 23.4 Å². The monoisotopic (exact) mass is 390 g/mol. The van der Waals surface area contributed by atoms with E-state index in [1.807, 2.05) is 12.1 Å². The zero-order valence-corrected chi connectivity index (χ0v) is 15.5. The molecule has 1 amide bonds. The Hall–Kier alpha value is -2.38. The summed E-state index contributed by atoms with van der Waals surface area (Å²) < 4.78 is 15.0. The lowest BCUT2D eigenvalue weighted by atomic mass is 10.1. The van der Waals surface area contributed by atoms with E-state index in [1.165, 1.54) is 17.8 Å². The first-order chi connectivity index (χ1) is 12.5. The molecule has 0 aliphatic rings. The minimum absolute atomic E-state index is 0.141. The largest absolute Gasteiger partial charge is 0.351 e. The van der Waals surface area contributed by atoms with E-state index >= 15 is 0 Å². The Morgan fingerprint density at radius 2 is 2.15 bits per heavy atom. The van der Waals surface area contributed by atoms with Crippen LogP contribution in [0.4, 0.5) is 4.39 Å². The lowest BCUT2D eigenvalue weighted by Crippen LogP contribution is -2.24. The third kappa shape index (κ3) is 4.62. The first-order valence-corrected chi connectivity index (χ1v) is 9.20. The molecule has 0 bridgehead atoms. The van der Waals surface area contributed by atoms with Crippen molar-refractivity contribution in [1.29, 1.82) is 0 Å². The van der Waals surface area contributed by atoms with Crippen molar-refractivity contribution in [2.45, 2.75) is 18.6 Å². The van der Waals surface area contributed by atoms with Gasteiger partial charge in [0.25, 0.3) is 0 Å². The third-order valence-corrected chi connectivity index (χ3v) is 4.83. The molecule has 5 nitrogen and oxygen atoms in total. The number of nitrogens with one attached hydrogen (secondary N) is 1. The van der Waals surface area contributed by atoms with Gasteiger partial charge >= 0.3 is 0 Å². The third-order valence-electron chi connectivity index (χ3n) is 3.65. The normalized spacial score (nSPS) is 10.7. The van der Waals surface area contributed by atoms with Gasteiger partial charge in [-0.05, 0) is 42.3 Å². The maximum Gasteiger partial charge on any atom is 0.230 e. The molecule has 0 saturated heterocycles. The molecule has 2 aromatic carbocycles. The number of aromatic nitrogens is 3. The minimum Gasteiger partial charge on any atom is -0.351 e. The molecule has 1 aromatic heterocycles. The number of thioether (sulfide) groups is 1. The first kappa shape index (κ1) is 18.4. The van der Waals surface area contributed by atoms with Crippen molar-refractivity contribution in [1.82, 2.24) is 20.1 Å². The van der Waals surface area contributed by atoms with Crippen molar-refractivity contribution >= 4 is 29.3 Å². The van der Waals surface area contributed by atoms with Crippen LogP contribution in [-0.4, -0.2) is 26.4 Å². The summed E-state index contributed by atoms with van der Waals surface area (Å²) in [5.41, 5.74) is 2.23. The summed E-state index contributed by atoms with van der Waals surface area (Å²) in [5, 5.41) is 12.0. The predicted molar refractivity (Wildman–Crippen MR) is 100 cm³/mol. The van der Waals surface area contributed by atoms with Crippen LogP contribution in [-0.2, 0) is 11.3 Å². The van der Waals surface area contributed by atoms with E-state index < -0.39 is 0 Å². The number of benzene rings is 2. The van der Waals surface area contributed by atoms with Gasteiger partial charge in [0.1, 0.15) is 12.1 Å². The molecule has 1 heterocycles. The summed E-state index contributed by atoms with van der Waals surface area (Å²) in [6.45, 7) is 2.04. The van der Waals surface area contributed by atoms with E-state index in [4.69, 9.17) is 11.6 Å². The fourth-order valence-corrected chi connectivity index (χ4v) is 3.27. The molecule has 0 radical (unpaired) electrons. The van der Waals surface area contributed by atoms with Gasteiger partial charge in [0, 0.05) is 11.6 Å². The van der Waals surface area contributed by atoms with Gasteiger partial charge in [-0.25, -0.2) is 4.39 Å². The number of amides is 1. The second kappa shape index (κ2) is 8.33. The quantitative estimate of drug-likeness (QED) is 0.651. The van der Waals surface area contributed by atoms with E-state index in [9.17, 15) is 9.18 Å². The highest BCUT2D eigenvalue weighted by Crippen LogP contribution is 2.21. The molecule has 8 heteroatoms. The van der Waals surface area contributed by atoms with Crippen molar-refractivity contribution in [2.24, 2.45) is 0 Å². The van der Waals surface area contributed by atoms with Crippen LogP contribution in [0.2, 0.25) is 5.02 Å². The Kier molecular flexibility index (Phi) is 5.90. The van der Waals surface area contributed by atoms with Gasteiger partial charge in [-0.2, -0.15) is 0 Å². The van der Waals surface area contributed by atoms with Crippen LogP contribution in [0.1, 0.15) is 11.1 Å². The highest BCUT2D eigenvalue weighted by atomic mass is 35.5. The van der Waals surface area contributed by atoms with Crippen LogP contribution < -0.4 is 5.32 Å². The Labute approximate surface area is 159 Å². The van der Waals surface area contributed by atoms with Crippen LogP contribution in [0, 0.1) is 12.7 Å². The van der Waals surface area contributed by atoms with Gasteiger partial charge in [-0.3, -0.25) is 9.36 Å². The second-order valence-corrected chi connectivity index (χ2v) is 6.99. The minimum atomic E-state index is -0.254.